The fraction of sp³-hybridized carbons (Fsp3) is 0.611. The molecule has 4 aliphatic carbocycles. The molecule has 2 amide bonds. The molecule has 0 aliphatic heterocycles. The van der Waals surface area contributed by atoms with E-state index in [1.807, 2.05) is 0 Å². The van der Waals surface area contributed by atoms with Crippen molar-refractivity contribution in [3.05, 3.63) is 30.1 Å². The minimum absolute atomic E-state index is 0. The Kier molecular flexibility index (Phi) is 4.81. The lowest BCUT2D eigenvalue weighted by molar-refractivity contribution is -0.130. The zero-order valence-electron chi connectivity index (χ0n) is 13.7. The molecular formula is C18H24ClN3O2. The predicted octanol–water partition coefficient (Wildman–Crippen LogP) is 2.87. The molecule has 4 bridgehead atoms. The van der Waals surface area contributed by atoms with Gasteiger partial charge in [0.2, 0.25) is 5.91 Å². The molecule has 0 radical (unpaired) electrons. The molecule has 0 atom stereocenters. The van der Waals surface area contributed by atoms with Gasteiger partial charge in [0.25, 0.3) is 5.91 Å². The van der Waals surface area contributed by atoms with Crippen LogP contribution in [0.1, 0.15) is 55.3 Å². The first-order chi connectivity index (χ1) is 11.1. The Morgan fingerprint density at radius 2 is 1.54 bits per heavy atom. The first-order valence-corrected chi connectivity index (χ1v) is 8.61. The van der Waals surface area contributed by atoms with E-state index in [-0.39, 0.29) is 29.6 Å². The molecule has 0 unspecified atom stereocenters. The van der Waals surface area contributed by atoms with E-state index in [9.17, 15) is 9.59 Å². The molecule has 5 nitrogen and oxygen atoms in total. The molecule has 0 saturated heterocycles. The Hall–Kier alpha value is -1.62. The third kappa shape index (κ3) is 3.41. The molecule has 0 aromatic carbocycles. The number of aromatic nitrogens is 1. The number of carbonyl (C=O) groups excluding carboxylic acids is 2. The van der Waals surface area contributed by atoms with Crippen molar-refractivity contribution in [3.8, 4) is 0 Å². The lowest BCUT2D eigenvalue weighted by atomic mass is 9.49. The molecule has 0 spiro atoms. The maximum absolute atomic E-state index is 12.3. The zero-order valence-corrected chi connectivity index (χ0v) is 14.5. The highest BCUT2D eigenvalue weighted by atomic mass is 35.5. The van der Waals surface area contributed by atoms with Gasteiger partial charge < -0.3 is 0 Å². The fourth-order valence-corrected chi connectivity index (χ4v) is 5.59. The van der Waals surface area contributed by atoms with Crippen LogP contribution < -0.4 is 10.9 Å². The van der Waals surface area contributed by atoms with Gasteiger partial charge in [-0.3, -0.25) is 25.4 Å². The lowest BCUT2D eigenvalue weighted by Crippen LogP contribution is -2.50. The summed E-state index contributed by atoms with van der Waals surface area (Å²) < 4.78 is 0. The van der Waals surface area contributed by atoms with E-state index in [1.54, 1.807) is 24.5 Å². The zero-order chi connectivity index (χ0) is 15.9. The number of rotatable bonds is 3. The summed E-state index contributed by atoms with van der Waals surface area (Å²) in [5.41, 5.74) is 5.80. The number of carbonyl (C=O) groups is 2. The number of nitrogens with zero attached hydrogens (tertiary/aromatic N) is 1. The maximum atomic E-state index is 12.3. The summed E-state index contributed by atoms with van der Waals surface area (Å²) in [4.78, 5) is 28.2. The minimum atomic E-state index is -0.300. The number of pyridine rings is 1. The van der Waals surface area contributed by atoms with Crippen molar-refractivity contribution in [2.24, 2.45) is 23.2 Å². The number of amides is 2. The van der Waals surface area contributed by atoms with Crippen LogP contribution in [-0.2, 0) is 4.79 Å². The van der Waals surface area contributed by atoms with Gasteiger partial charge in [0.1, 0.15) is 0 Å². The van der Waals surface area contributed by atoms with Crippen molar-refractivity contribution in [3.63, 3.8) is 0 Å². The highest BCUT2D eigenvalue weighted by molar-refractivity contribution is 5.95. The van der Waals surface area contributed by atoms with Crippen LogP contribution in [0, 0.1) is 23.2 Å². The average molecular weight is 350 g/mol. The molecule has 4 fully saturated rings. The molecule has 4 saturated carbocycles. The van der Waals surface area contributed by atoms with Crippen LogP contribution in [0.5, 0.6) is 0 Å². The summed E-state index contributed by atoms with van der Waals surface area (Å²) in [6, 6.07) is 3.25. The second-order valence-corrected chi connectivity index (χ2v) is 7.83. The third-order valence-corrected chi connectivity index (χ3v) is 5.96. The first-order valence-electron chi connectivity index (χ1n) is 8.61. The van der Waals surface area contributed by atoms with Gasteiger partial charge in [-0.05, 0) is 73.8 Å². The number of hydrogen-bond donors (Lipinski definition) is 2. The van der Waals surface area contributed by atoms with Gasteiger partial charge in [0, 0.05) is 24.4 Å². The van der Waals surface area contributed by atoms with E-state index < -0.39 is 0 Å². The monoisotopic (exact) mass is 349 g/mol. The van der Waals surface area contributed by atoms with Gasteiger partial charge in [-0.15, -0.1) is 12.4 Å². The summed E-state index contributed by atoms with van der Waals surface area (Å²) in [7, 11) is 0. The van der Waals surface area contributed by atoms with Crippen LogP contribution in [0.25, 0.3) is 0 Å². The highest BCUT2D eigenvalue weighted by Gasteiger charge is 2.51. The van der Waals surface area contributed by atoms with E-state index in [0.29, 0.717) is 12.0 Å². The predicted molar refractivity (Wildman–Crippen MR) is 92.3 cm³/mol. The van der Waals surface area contributed by atoms with E-state index >= 15 is 0 Å². The summed E-state index contributed by atoms with van der Waals surface area (Å²) in [6.07, 6.45) is 11.4. The summed E-state index contributed by atoms with van der Waals surface area (Å²) in [6.45, 7) is 0. The molecule has 2 N–H and O–H groups in total. The number of hydrogen-bond acceptors (Lipinski definition) is 3. The Balaban J connectivity index is 0.00000169. The molecular weight excluding hydrogens is 326 g/mol. The van der Waals surface area contributed by atoms with Crippen molar-refractivity contribution in [1.82, 2.24) is 15.8 Å². The second-order valence-electron chi connectivity index (χ2n) is 7.83. The summed E-state index contributed by atoms with van der Waals surface area (Å²) in [5.74, 6) is 2.14. The van der Waals surface area contributed by atoms with Crippen LogP contribution in [0.2, 0.25) is 0 Å². The van der Waals surface area contributed by atoms with Crippen molar-refractivity contribution in [2.45, 2.75) is 44.9 Å². The molecule has 1 aromatic rings. The van der Waals surface area contributed by atoms with Crippen LogP contribution in [-0.4, -0.2) is 16.8 Å². The largest absolute Gasteiger partial charge is 0.273 e. The van der Waals surface area contributed by atoms with Gasteiger partial charge in [0.15, 0.2) is 0 Å². The Morgan fingerprint density at radius 1 is 1.00 bits per heavy atom. The standard InChI is InChI=1S/C18H23N3O2.ClH/c22-16(20-21-17(23)15-1-3-19-4-2-15)11-18-8-12-5-13(9-18)7-14(6-12)10-18;/h1-4,12-14H,5-11H2,(H,20,22)(H,21,23);1H. The lowest BCUT2D eigenvalue weighted by Gasteiger charge is -2.56. The van der Waals surface area contributed by atoms with E-state index in [1.165, 1.54) is 38.5 Å². The minimum Gasteiger partial charge on any atom is -0.273 e. The molecule has 130 valence electrons. The Labute approximate surface area is 148 Å². The normalized spacial score (nSPS) is 32.8. The summed E-state index contributed by atoms with van der Waals surface area (Å²) >= 11 is 0. The van der Waals surface area contributed by atoms with Crippen LogP contribution in [0.4, 0.5) is 0 Å². The van der Waals surface area contributed by atoms with Crippen molar-refractivity contribution >= 4 is 24.2 Å². The SMILES string of the molecule is Cl.O=C(CC12CC3CC(CC(C3)C1)C2)NNC(=O)c1ccncc1. The van der Waals surface area contributed by atoms with Crippen LogP contribution >= 0.6 is 12.4 Å². The van der Waals surface area contributed by atoms with Gasteiger partial charge >= 0.3 is 0 Å². The van der Waals surface area contributed by atoms with E-state index in [0.717, 1.165) is 17.8 Å². The van der Waals surface area contributed by atoms with Gasteiger partial charge in [-0.2, -0.15) is 0 Å². The van der Waals surface area contributed by atoms with Crippen molar-refractivity contribution < 1.29 is 9.59 Å². The van der Waals surface area contributed by atoms with E-state index in [4.69, 9.17) is 0 Å². The maximum Gasteiger partial charge on any atom is 0.269 e. The van der Waals surface area contributed by atoms with Crippen LogP contribution in [0.3, 0.4) is 0 Å². The summed E-state index contributed by atoms with van der Waals surface area (Å²) in [5, 5.41) is 0. The molecule has 6 heteroatoms. The third-order valence-electron chi connectivity index (χ3n) is 5.96. The van der Waals surface area contributed by atoms with Crippen LogP contribution in [0.15, 0.2) is 24.5 Å². The molecule has 4 aliphatic rings. The molecule has 5 rings (SSSR count). The smallest absolute Gasteiger partial charge is 0.269 e. The second kappa shape index (κ2) is 6.71. The Morgan fingerprint density at radius 3 is 2.08 bits per heavy atom. The van der Waals surface area contributed by atoms with E-state index in [2.05, 4.69) is 15.8 Å². The molecule has 1 heterocycles. The average Bonchev–Trinajstić information content (AvgIpc) is 2.51. The van der Waals surface area contributed by atoms with Gasteiger partial charge in [0.05, 0.1) is 0 Å². The topological polar surface area (TPSA) is 71.1 Å². The first kappa shape index (κ1) is 17.2. The fourth-order valence-electron chi connectivity index (χ4n) is 5.59. The quantitative estimate of drug-likeness (QED) is 0.824. The number of nitrogens with one attached hydrogen (secondary N) is 2. The number of halogens is 1. The molecule has 24 heavy (non-hydrogen) atoms. The highest BCUT2D eigenvalue weighted by Crippen LogP contribution is 2.61. The Bertz CT molecular complexity index is 585. The number of hydrazine groups is 1. The van der Waals surface area contributed by atoms with Gasteiger partial charge in [-0.1, -0.05) is 0 Å². The van der Waals surface area contributed by atoms with Crippen molar-refractivity contribution in [1.29, 1.82) is 0 Å². The van der Waals surface area contributed by atoms with Crippen molar-refractivity contribution in [2.75, 3.05) is 0 Å². The van der Waals surface area contributed by atoms with Gasteiger partial charge in [-0.25, -0.2) is 0 Å². The molecule has 1 aromatic heterocycles.